The molecule has 0 spiro atoms. The fourth-order valence-corrected chi connectivity index (χ4v) is 2.51. The third-order valence-electron chi connectivity index (χ3n) is 3.30. The number of aromatic amines is 1. The molecule has 6 heteroatoms. The summed E-state index contributed by atoms with van der Waals surface area (Å²) in [7, 11) is 0. The summed E-state index contributed by atoms with van der Waals surface area (Å²) in [6.45, 7) is 0. The first kappa shape index (κ1) is 16.1. The largest absolute Gasteiger partial charge is 0.345 e. The Morgan fingerprint density at radius 1 is 1.21 bits per heavy atom. The minimum atomic E-state index is -0.384. The predicted molar refractivity (Wildman–Crippen MR) is 95.8 cm³/mol. The monoisotopic (exact) mass is 385 g/mol. The van der Waals surface area contributed by atoms with Crippen LogP contribution >= 0.6 is 15.9 Å². The van der Waals surface area contributed by atoms with Crippen LogP contribution in [0.5, 0.6) is 0 Å². The van der Waals surface area contributed by atoms with E-state index in [1.165, 1.54) is 18.2 Å². The zero-order valence-electron chi connectivity index (χ0n) is 12.5. The Kier molecular flexibility index (Phi) is 4.86. The molecule has 0 aliphatic heterocycles. The van der Waals surface area contributed by atoms with Gasteiger partial charge in [0.15, 0.2) is 0 Å². The van der Waals surface area contributed by atoms with Crippen molar-refractivity contribution in [1.29, 1.82) is 0 Å². The Labute approximate surface area is 146 Å². The van der Waals surface area contributed by atoms with Crippen molar-refractivity contribution in [2.24, 2.45) is 0 Å². The van der Waals surface area contributed by atoms with E-state index >= 15 is 0 Å². The summed E-state index contributed by atoms with van der Waals surface area (Å²) >= 11 is 3.27. The fourth-order valence-electron chi connectivity index (χ4n) is 2.13. The van der Waals surface area contributed by atoms with Gasteiger partial charge in [-0.2, -0.15) is 0 Å². The molecule has 0 bridgehead atoms. The van der Waals surface area contributed by atoms with E-state index in [9.17, 15) is 9.18 Å². The molecule has 0 aliphatic rings. The Bertz CT molecular complexity index is 874. The number of hydrogen-bond acceptors (Lipinski definition) is 2. The molecule has 0 fully saturated rings. The number of halogens is 2. The van der Waals surface area contributed by atoms with E-state index < -0.39 is 0 Å². The lowest BCUT2D eigenvalue weighted by Crippen LogP contribution is -2.07. The molecule has 120 valence electrons. The number of imidazole rings is 1. The number of anilines is 1. The number of carbonyl (C=O) groups excluding carboxylic acids is 1. The van der Waals surface area contributed by atoms with Crippen molar-refractivity contribution in [1.82, 2.24) is 9.97 Å². The van der Waals surface area contributed by atoms with Crippen LogP contribution in [-0.2, 0) is 4.79 Å². The smallest absolute Gasteiger partial charge is 0.248 e. The van der Waals surface area contributed by atoms with Gasteiger partial charge in [-0.25, -0.2) is 9.37 Å². The first-order chi connectivity index (χ1) is 11.6. The molecule has 4 nitrogen and oxygen atoms in total. The van der Waals surface area contributed by atoms with Gasteiger partial charge in [0.25, 0.3) is 0 Å². The number of nitrogens with zero attached hydrogens (tertiary/aromatic N) is 1. The van der Waals surface area contributed by atoms with Gasteiger partial charge in [-0.05, 0) is 48.5 Å². The van der Waals surface area contributed by atoms with Gasteiger partial charge in [-0.15, -0.1) is 0 Å². The van der Waals surface area contributed by atoms with E-state index in [1.807, 2.05) is 12.1 Å². The Morgan fingerprint density at radius 2 is 2.00 bits per heavy atom. The van der Waals surface area contributed by atoms with Crippen molar-refractivity contribution < 1.29 is 9.18 Å². The Hall–Kier alpha value is -2.73. The quantitative estimate of drug-likeness (QED) is 0.643. The molecular weight excluding hydrogens is 373 g/mol. The van der Waals surface area contributed by atoms with Crippen LogP contribution in [0.1, 0.15) is 5.56 Å². The van der Waals surface area contributed by atoms with Crippen LogP contribution in [0.2, 0.25) is 0 Å². The molecule has 0 radical (unpaired) electrons. The van der Waals surface area contributed by atoms with Crippen LogP contribution < -0.4 is 5.32 Å². The summed E-state index contributed by atoms with van der Waals surface area (Å²) in [6, 6.07) is 11.8. The first-order valence-corrected chi connectivity index (χ1v) is 7.95. The van der Waals surface area contributed by atoms with Crippen LogP contribution in [0.15, 0.2) is 65.4 Å². The van der Waals surface area contributed by atoms with Gasteiger partial charge in [0, 0.05) is 39.8 Å². The second-order valence-corrected chi connectivity index (χ2v) is 5.92. The van der Waals surface area contributed by atoms with Crippen LogP contribution in [0, 0.1) is 5.82 Å². The number of rotatable bonds is 4. The van der Waals surface area contributed by atoms with E-state index in [1.54, 1.807) is 36.7 Å². The lowest BCUT2D eigenvalue weighted by molar-refractivity contribution is -0.111. The standard InChI is InChI=1S/C18H13BrFN3O/c19-14-4-7-16(20)13(11-14)3-8-17(24)23-15-5-1-12(2-6-15)18-21-9-10-22-18/h1-11H,(H,21,22)(H,23,24). The van der Waals surface area contributed by atoms with Gasteiger partial charge in [0.2, 0.25) is 5.91 Å². The van der Waals surface area contributed by atoms with Gasteiger partial charge in [0.1, 0.15) is 11.6 Å². The summed E-state index contributed by atoms with van der Waals surface area (Å²) in [4.78, 5) is 19.1. The highest BCUT2D eigenvalue weighted by molar-refractivity contribution is 9.10. The average Bonchev–Trinajstić information content (AvgIpc) is 3.11. The number of H-pyrrole nitrogens is 1. The molecule has 0 aliphatic carbocycles. The van der Waals surface area contributed by atoms with Crippen molar-refractivity contribution in [2.45, 2.75) is 0 Å². The topological polar surface area (TPSA) is 57.8 Å². The second kappa shape index (κ2) is 7.23. The van der Waals surface area contributed by atoms with E-state index in [0.717, 1.165) is 15.9 Å². The van der Waals surface area contributed by atoms with Crippen LogP contribution in [0.4, 0.5) is 10.1 Å². The second-order valence-electron chi connectivity index (χ2n) is 5.00. The maximum Gasteiger partial charge on any atom is 0.248 e. The van der Waals surface area contributed by atoms with Crippen molar-refractivity contribution in [3.8, 4) is 11.4 Å². The van der Waals surface area contributed by atoms with Gasteiger partial charge in [-0.1, -0.05) is 15.9 Å². The third kappa shape index (κ3) is 3.97. The number of carbonyl (C=O) groups is 1. The Balaban J connectivity index is 1.66. The molecule has 2 N–H and O–H groups in total. The van der Waals surface area contributed by atoms with Gasteiger partial charge >= 0.3 is 0 Å². The number of amides is 1. The SMILES string of the molecule is O=C(C=Cc1cc(Br)ccc1F)Nc1ccc(-c2ncc[nH]2)cc1. The molecule has 0 atom stereocenters. The highest BCUT2D eigenvalue weighted by Gasteiger charge is 2.03. The van der Waals surface area contributed by atoms with E-state index in [4.69, 9.17) is 0 Å². The molecule has 2 aromatic carbocycles. The lowest BCUT2D eigenvalue weighted by atomic mass is 10.2. The summed E-state index contributed by atoms with van der Waals surface area (Å²) in [6.07, 6.45) is 6.16. The molecule has 1 aromatic heterocycles. The molecular formula is C18H13BrFN3O. The zero-order chi connectivity index (χ0) is 16.9. The molecule has 3 rings (SSSR count). The Morgan fingerprint density at radius 3 is 2.71 bits per heavy atom. The highest BCUT2D eigenvalue weighted by Crippen LogP contribution is 2.18. The zero-order valence-corrected chi connectivity index (χ0v) is 14.0. The van der Waals surface area contributed by atoms with Crippen LogP contribution in [-0.4, -0.2) is 15.9 Å². The van der Waals surface area contributed by atoms with E-state index in [-0.39, 0.29) is 11.7 Å². The van der Waals surface area contributed by atoms with Crippen molar-refractivity contribution in [3.63, 3.8) is 0 Å². The molecule has 1 amide bonds. The lowest BCUT2D eigenvalue weighted by Gasteiger charge is -2.03. The van der Waals surface area contributed by atoms with E-state index in [0.29, 0.717) is 11.3 Å². The minimum absolute atomic E-state index is 0.333. The molecule has 0 saturated heterocycles. The van der Waals surface area contributed by atoms with Crippen molar-refractivity contribution in [3.05, 3.63) is 76.8 Å². The molecule has 0 saturated carbocycles. The van der Waals surface area contributed by atoms with Crippen molar-refractivity contribution in [2.75, 3.05) is 5.32 Å². The number of benzene rings is 2. The van der Waals surface area contributed by atoms with Gasteiger partial charge in [0.05, 0.1) is 0 Å². The maximum absolute atomic E-state index is 13.6. The minimum Gasteiger partial charge on any atom is -0.345 e. The number of aromatic nitrogens is 2. The van der Waals surface area contributed by atoms with Crippen LogP contribution in [0.25, 0.3) is 17.5 Å². The molecule has 24 heavy (non-hydrogen) atoms. The van der Waals surface area contributed by atoms with Crippen LogP contribution in [0.3, 0.4) is 0 Å². The summed E-state index contributed by atoms with van der Waals surface area (Å²) < 4.78 is 14.4. The van der Waals surface area contributed by atoms with Gasteiger partial charge < -0.3 is 10.3 Å². The third-order valence-corrected chi connectivity index (χ3v) is 3.79. The molecule has 0 unspecified atom stereocenters. The average molecular weight is 386 g/mol. The maximum atomic E-state index is 13.6. The first-order valence-electron chi connectivity index (χ1n) is 7.16. The van der Waals surface area contributed by atoms with Gasteiger partial charge in [-0.3, -0.25) is 4.79 Å². The predicted octanol–water partition coefficient (Wildman–Crippen LogP) is 4.63. The van der Waals surface area contributed by atoms with Crippen molar-refractivity contribution >= 4 is 33.6 Å². The highest BCUT2D eigenvalue weighted by atomic mass is 79.9. The summed E-state index contributed by atoms with van der Waals surface area (Å²) in [5.74, 6) is 0.0445. The number of nitrogens with one attached hydrogen (secondary N) is 2. The molecule has 3 aromatic rings. The molecule has 1 heterocycles. The normalized spacial score (nSPS) is 10.9. The van der Waals surface area contributed by atoms with E-state index in [2.05, 4.69) is 31.2 Å². The summed E-state index contributed by atoms with van der Waals surface area (Å²) in [5, 5.41) is 2.73. The fraction of sp³-hybridized carbons (Fsp3) is 0. The summed E-state index contributed by atoms with van der Waals surface area (Å²) in [5.41, 5.74) is 1.91. The number of hydrogen-bond donors (Lipinski definition) is 2.